The molecule has 0 heterocycles. The molecule has 0 amide bonds. The van der Waals surface area contributed by atoms with E-state index in [0.717, 1.165) is 4.47 Å². The molecule has 0 spiro atoms. The molecule has 0 atom stereocenters. The third kappa shape index (κ3) is 3.70. The number of hydrogen-bond donors (Lipinski definition) is 1. The number of anilines is 1. The molecule has 0 fully saturated rings. The first kappa shape index (κ1) is 14.8. The second kappa shape index (κ2) is 6.70. The second-order valence-electron chi connectivity index (χ2n) is 4.17. The van der Waals surface area contributed by atoms with Gasteiger partial charge in [0.05, 0.1) is 6.61 Å². The average molecular weight is 342 g/mol. The summed E-state index contributed by atoms with van der Waals surface area (Å²) in [5.41, 5.74) is 1.08. The fourth-order valence-electron chi connectivity index (χ4n) is 1.76. The lowest BCUT2D eigenvalue weighted by molar-refractivity contribution is 0.321. The first-order valence-electron chi connectivity index (χ1n) is 6.20. The average Bonchev–Trinajstić information content (AvgIpc) is 2.43. The minimum atomic E-state index is -0.438. The molecule has 2 aromatic carbocycles. The largest absolute Gasteiger partial charge is 0.491 e. The lowest BCUT2D eigenvalue weighted by Gasteiger charge is -2.10. The number of halogens is 3. The van der Waals surface area contributed by atoms with Gasteiger partial charge in [-0.15, -0.1) is 0 Å². The molecule has 2 aromatic rings. The Kier molecular flexibility index (Phi) is 4.95. The van der Waals surface area contributed by atoms with Gasteiger partial charge in [-0.1, -0.05) is 15.9 Å². The van der Waals surface area contributed by atoms with Crippen molar-refractivity contribution >= 4 is 21.6 Å². The van der Waals surface area contributed by atoms with Crippen molar-refractivity contribution in [2.75, 3.05) is 11.9 Å². The highest BCUT2D eigenvalue weighted by atomic mass is 79.9. The number of rotatable bonds is 5. The fourth-order valence-corrected chi connectivity index (χ4v) is 2.17. The molecular weight excluding hydrogens is 328 g/mol. The van der Waals surface area contributed by atoms with Crippen LogP contribution >= 0.6 is 15.9 Å². The van der Waals surface area contributed by atoms with E-state index < -0.39 is 5.82 Å². The number of nitrogens with one attached hydrogen (secondary N) is 1. The minimum Gasteiger partial charge on any atom is -0.491 e. The van der Waals surface area contributed by atoms with Gasteiger partial charge in [0, 0.05) is 28.3 Å². The van der Waals surface area contributed by atoms with Crippen LogP contribution in [0.25, 0.3) is 0 Å². The van der Waals surface area contributed by atoms with Crippen LogP contribution in [0.1, 0.15) is 12.5 Å². The van der Waals surface area contributed by atoms with Crippen LogP contribution in [0.3, 0.4) is 0 Å². The van der Waals surface area contributed by atoms with Gasteiger partial charge in [0.2, 0.25) is 0 Å². The monoisotopic (exact) mass is 341 g/mol. The van der Waals surface area contributed by atoms with Crippen LogP contribution in [0.5, 0.6) is 5.75 Å². The Labute approximate surface area is 124 Å². The van der Waals surface area contributed by atoms with Crippen molar-refractivity contribution in [3.8, 4) is 5.75 Å². The molecule has 0 saturated heterocycles. The molecular formula is C15H14BrF2NO. The highest BCUT2D eigenvalue weighted by Gasteiger charge is 2.06. The molecule has 0 saturated carbocycles. The van der Waals surface area contributed by atoms with Gasteiger partial charge in [-0.05, 0) is 37.3 Å². The molecule has 0 bridgehead atoms. The molecule has 0 aliphatic heterocycles. The lowest BCUT2D eigenvalue weighted by Crippen LogP contribution is -2.03. The van der Waals surface area contributed by atoms with E-state index >= 15 is 0 Å². The SMILES string of the molecule is CCOc1ccc(NCc2cc(Br)ccc2F)cc1F. The predicted octanol–water partition coefficient (Wildman–Crippen LogP) is 4.74. The van der Waals surface area contributed by atoms with E-state index in [1.165, 1.54) is 12.1 Å². The van der Waals surface area contributed by atoms with Crippen molar-refractivity contribution in [2.24, 2.45) is 0 Å². The maximum atomic E-state index is 13.7. The molecule has 106 valence electrons. The zero-order chi connectivity index (χ0) is 14.5. The lowest BCUT2D eigenvalue weighted by atomic mass is 10.2. The van der Waals surface area contributed by atoms with Crippen molar-refractivity contribution < 1.29 is 13.5 Å². The zero-order valence-corrected chi connectivity index (χ0v) is 12.5. The van der Waals surface area contributed by atoms with Crippen molar-refractivity contribution in [3.63, 3.8) is 0 Å². The molecule has 0 unspecified atom stereocenters. The number of benzene rings is 2. The second-order valence-corrected chi connectivity index (χ2v) is 5.08. The highest BCUT2D eigenvalue weighted by molar-refractivity contribution is 9.10. The molecule has 0 aliphatic carbocycles. The van der Waals surface area contributed by atoms with Crippen LogP contribution in [-0.2, 0) is 6.54 Å². The summed E-state index contributed by atoms with van der Waals surface area (Å²) in [6.07, 6.45) is 0. The van der Waals surface area contributed by atoms with Gasteiger partial charge in [-0.3, -0.25) is 0 Å². The van der Waals surface area contributed by atoms with E-state index in [1.807, 2.05) is 0 Å². The number of hydrogen-bond acceptors (Lipinski definition) is 2. The van der Waals surface area contributed by atoms with Gasteiger partial charge >= 0.3 is 0 Å². The van der Waals surface area contributed by atoms with Crippen molar-refractivity contribution in [1.29, 1.82) is 0 Å². The third-order valence-electron chi connectivity index (χ3n) is 2.72. The summed E-state index contributed by atoms with van der Waals surface area (Å²) < 4.78 is 33.1. The quantitative estimate of drug-likeness (QED) is 0.848. The Bertz CT molecular complexity index is 604. The van der Waals surface area contributed by atoms with Crippen molar-refractivity contribution in [2.45, 2.75) is 13.5 Å². The van der Waals surface area contributed by atoms with Crippen molar-refractivity contribution in [1.82, 2.24) is 0 Å². The van der Waals surface area contributed by atoms with Gasteiger partial charge in [-0.25, -0.2) is 8.78 Å². The topological polar surface area (TPSA) is 21.3 Å². The van der Waals surface area contributed by atoms with Gasteiger partial charge < -0.3 is 10.1 Å². The van der Waals surface area contributed by atoms with E-state index in [9.17, 15) is 8.78 Å². The van der Waals surface area contributed by atoms with E-state index in [4.69, 9.17) is 4.74 Å². The summed E-state index contributed by atoms with van der Waals surface area (Å²) in [6.45, 7) is 2.48. The van der Waals surface area contributed by atoms with E-state index in [0.29, 0.717) is 17.9 Å². The fraction of sp³-hybridized carbons (Fsp3) is 0.200. The highest BCUT2D eigenvalue weighted by Crippen LogP contribution is 2.22. The van der Waals surface area contributed by atoms with Crippen LogP contribution < -0.4 is 10.1 Å². The molecule has 1 N–H and O–H groups in total. The third-order valence-corrected chi connectivity index (χ3v) is 3.22. The standard InChI is InChI=1S/C15H14BrF2NO/c1-2-20-15-6-4-12(8-14(15)18)19-9-10-7-11(16)3-5-13(10)17/h3-8,19H,2,9H2,1H3. The first-order valence-corrected chi connectivity index (χ1v) is 6.99. The maximum Gasteiger partial charge on any atom is 0.167 e. The first-order chi connectivity index (χ1) is 9.60. The molecule has 2 nitrogen and oxygen atoms in total. The summed E-state index contributed by atoms with van der Waals surface area (Å²) in [6, 6.07) is 9.30. The Morgan fingerprint density at radius 3 is 2.60 bits per heavy atom. The molecule has 20 heavy (non-hydrogen) atoms. The predicted molar refractivity (Wildman–Crippen MR) is 79.0 cm³/mol. The molecule has 2 rings (SSSR count). The maximum absolute atomic E-state index is 13.7. The number of ether oxygens (including phenoxy) is 1. The summed E-state index contributed by atoms with van der Waals surface area (Å²) in [4.78, 5) is 0. The van der Waals surface area contributed by atoms with E-state index in [1.54, 1.807) is 31.2 Å². The van der Waals surface area contributed by atoms with E-state index in [-0.39, 0.29) is 18.1 Å². The van der Waals surface area contributed by atoms with Gasteiger partial charge in [-0.2, -0.15) is 0 Å². The molecule has 0 radical (unpaired) electrons. The van der Waals surface area contributed by atoms with Crippen LogP contribution in [0.15, 0.2) is 40.9 Å². The minimum absolute atomic E-state index is 0.215. The Hall–Kier alpha value is -1.62. The van der Waals surface area contributed by atoms with Crippen LogP contribution in [0.4, 0.5) is 14.5 Å². The summed E-state index contributed by atoms with van der Waals surface area (Å²) in [5, 5.41) is 2.98. The van der Waals surface area contributed by atoms with Crippen molar-refractivity contribution in [3.05, 3.63) is 58.1 Å². The molecule has 0 aliphatic rings. The van der Waals surface area contributed by atoms with Crippen LogP contribution in [-0.4, -0.2) is 6.61 Å². The zero-order valence-electron chi connectivity index (χ0n) is 10.9. The summed E-state index contributed by atoms with van der Waals surface area (Å²) in [7, 11) is 0. The van der Waals surface area contributed by atoms with Gasteiger partial charge in [0.25, 0.3) is 0 Å². The summed E-state index contributed by atoms with van der Waals surface area (Å²) >= 11 is 3.29. The Balaban J connectivity index is 2.07. The van der Waals surface area contributed by atoms with Crippen LogP contribution in [0, 0.1) is 11.6 Å². The van der Waals surface area contributed by atoms with Crippen LogP contribution in [0.2, 0.25) is 0 Å². The van der Waals surface area contributed by atoms with Gasteiger partial charge in [0.15, 0.2) is 11.6 Å². The van der Waals surface area contributed by atoms with E-state index in [2.05, 4.69) is 21.2 Å². The Morgan fingerprint density at radius 1 is 1.10 bits per heavy atom. The van der Waals surface area contributed by atoms with Gasteiger partial charge in [0.1, 0.15) is 5.82 Å². The molecule has 0 aromatic heterocycles. The normalized spacial score (nSPS) is 10.4. The smallest absolute Gasteiger partial charge is 0.167 e. The Morgan fingerprint density at radius 2 is 1.90 bits per heavy atom. The molecule has 5 heteroatoms. The summed E-state index contributed by atoms with van der Waals surface area (Å²) in [5.74, 6) is -0.523.